The van der Waals surface area contributed by atoms with Crippen molar-refractivity contribution in [2.45, 2.75) is 45.1 Å². The molecule has 0 amide bonds. The maximum atomic E-state index is 14.3. The summed E-state index contributed by atoms with van der Waals surface area (Å²) < 4.78 is 16.9. The average molecular weight is 406 g/mol. The Morgan fingerprint density at radius 3 is 2.60 bits per heavy atom. The Morgan fingerprint density at radius 1 is 1.10 bits per heavy atom. The number of para-hydroxylation sites is 1. The van der Waals surface area contributed by atoms with Crippen LogP contribution in [-0.2, 0) is 0 Å². The fraction of sp³-hybridized carbons (Fsp3) is 0.304. The van der Waals surface area contributed by atoms with Crippen molar-refractivity contribution in [2.75, 3.05) is 0 Å². The van der Waals surface area contributed by atoms with Crippen LogP contribution in [0.2, 0.25) is 0 Å². The third kappa shape index (κ3) is 4.01. The van der Waals surface area contributed by atoms with E-state index in [4.69, 9.17) is 4.99 Å². The number of carbonyl (C=O) groups excluding carboxylic acids is 1. The normalized spacial score (nSPS) is 15.3. The lowest BCUT2D eigenvalue weighted by Gasteiger charge is -2.18. The predicted molar refractivity (Wildman–Crippen MR) is 111 cm³/mol. The van der Waals surface area contributed by atoms with Gasteiger partial charge in [-0.25, -0.2) is 9.07 Å². The van der Waals surface area contributed by atoms with E-state index in [0.717, 1.165) is 25.7 Å². The zero-order chi connectivity index (χ0) is 21.1. The average Bonchev–Trinajstić information content (AvgIpc) is 2.75. The molecule has 6 nitrogen and oxygen atoms in total. The molecule has 30 heavy (non-hydrogen) atoms. The quantitative estimate of drug-likeness (QED) is 0.669. The Morgan fingerprint density at radius 2 is 1.83 bits per heavy atom. The van der Waals surface area contributed by atoms with Gasteiger partial charge in [0, 0.05) is 18.0 Å². The topological polar surface area (TPSA) is 69.2 Å². The Hall–Kier alpha value is -3.35. The number of hydrogen-bond donors (Lipinski definition) is 0. The molecule has 2 aromatic heterocycles. The summed E-state index contributed by atoms with van der Waals surface area (Å²) in [6.07, 6.45) is 7.03. The largest absolute Gasteiger partial charge is 0.288 e. The van der Waals surface area contributed by atoms with Crippen molar-refractivity contribution in [1.82, 2.24) is 14.3 Å². The minimum absolute atomic E-state index is 0.168. The molecule has 3 aromatic rings. The van der Waals surface area contributed by atoms with Gasteiger partial charge in [-0.15, -0.1) is 0 Å². The molecule has 0 N–H and O–H groups in total. The second-order valence-electron chi connectivity index (χ2n) is 7.52. The minimum atomic E-state index is -0.583. The number of aryl methyl sites for hydroxylation is 1. The second kappa shape index (κ2) is 8.57. The van der Waals surface area contributed by atoms with E-state index >= 15 is 0 Å². The van der Waals surface area contributed by atoms with Gasteiger partial charge in [0.1, 0.15) is 17.0 Å². The SMILES string of the molecule is Cc1cc(=O)c(C(=O)n2ccccc2=NC2CCCCC2)nn1-c1ccccc1F. The molecule has 0 radical (unpaired) electrons. The molecule has 1 aliphatic rings. The van der Waals surface area contributed by atoms with E-state index in [2.05, 4.69) is 5.10 Å². The van der Waals surface area contributed by atoms with Crippen molar-refractivity contribution in [2.24, 2.45) is 4.99 Å². The van der Waals surface area contributed by atoms with E-state index in [0.29, 0.717) is 11.2 Å². The van der Waals surface area contributed by atoms with Gasteiger partial charge >= 0.3 is 0 Å². The standard InChI is InChI=1S/C23H23FN4O2/c1-16-15-20(29)22(26-28(16)19-12-6-5-11-18(19)24)23(30)27-14-8-7-13-21(27)25-17-9-3-2-4-10-17/h5-8,11-15,17H,2-4,9-10H2,1H3. The van der Waals surface area contributed by atoms with Gasteiger partial charge in [0.2, 0.25) is 5.43 Å². The molecule has 154 valence electrons. The van der Waals surface area contributed by atoms with Crippen LogP contribution in [0.3, 0.4) is 0 Å². The monoisotopic (exact) mass is 406 g/mol. The predicted octanol–water partition coefficient (Wildman–Crippen LogP) is 3.40. The fourth-order valence-electron chi connectivity index (χ4n) is 3.79. The summed E-state index contributed by atoms with van der Waals surface area (Å²) in [5.74, 6) is -1.07. The summed E-state index contributed by atoms with van der Waals surface area (Å²) in [6.45, 7) is 1.65. The van der Waals surface area contributed by atoms with Crippen LogP contribution in [-0.4, -0.2) is 26.3 Å². The summed E-state index contributed by atoms with van der Waals surface area (Å²) in [6, 6.07) is 12.9. The first-order valence-electron chi connectivity index (χ1n) is 10.2. The minimum Gasteiger partial charge on any atom is -0.287 e. The van der Waals surface area contributed by atoms with E-state index in [1.54, 1.807) is 43.5 Å². The van der Waals surface area contributed by atoms with E-state index < -0.39 is 17.2 Å². The third-order valence-electron chi connectivity index (χ3n) is 5.34. The zero-order valence-corrected chi connectivity index (χ0v) is 16.8. The Bertz CT molecular complexity index is 1210. The first kappa shape index (κ1) is 19.9. The zero-order valence-electron chi connectivity index (χ0n) is 16.8. The van der Waals surface area contributed by atoms with Crippen molar-refractivity contribution in [3.8, 4) is 5.69 Å². The Kier molecular flexibility index (Phi) is 5.70. The lowest BCUT2D eigenvalue weighted by Crippen LogP contribution is -2.34. The lowest BCUT2D eigenvalue weighted by molar-refractivity contribution is 0.0946. The van der Waals surface area contributed by atoms with Crippen LogP contribution in [0.4, 0.5) is 4.39 Å². The number of aromatic nitrogens is 3. The Labute approximate surface area is 173 Å². The maximum Gasteiger partial charge on any atom is 0.288 e. The highest BCUT2D eigenvalue weighted by Gasteiger charge is 2.19. The number of pyridine rings is 1. The van der Waals surface area contributed by atoms with Crippen LogP contribution < -0.4 is 10.9 Å². The summed E-state index contributed by atoms with van der Waals surface area (Å²) in [7, 11) is 0. The molecule has 1 aromatic carbocycles. The summed E-state index contributed by atoms with van der Waals surface area (Å²) in [4.78, 5) is 30.6. The Balaban J connectivity index is 1.80. The van der Waals surface area contributed by atoms with Crippen LogP contribution in [0.25, 0.3) is 5.69 Å². The van der Waals surface area contributed by atoms with Crippen molar-refractivity contribution in [3.63, 3.8) is 0 Å². The van der Waals surface area contributed by atoms with Crippen LogP contribution in [0.5, 0.6) is 0 Å². The van der Waals surface area contributed by atoms with Crippen molar-refractivity contribution in [3.05, 3.63) is 87.6 Å². The molecule has 0 bridgehead atoms. The first-order chi connectivity index (χ1) is 14.5. The second-order valence-corrected chi connectivity index (χ2v) is 7.52. The van der Waals surface area contributed by atoms with Gasteiger partial charge in [-0.2, -0.15) is 5.10 Å². The molecule has 1 fully saturated rings. The summed E-state index contributed by atoms with van der Waals surface area (Å²) in [5, 5.41) is 4.22. The van der Waals surface area contributed by atoms with Crippen molar-refractivity contribution in [1.29, 1.82) is 0 Å². The number of benzene rings is 1. The van der Waals surface area contributed by atoms with Gasteiger partial charge in [-0.3, -0.25) is 19.1 Å². The number of halogens is 1. The van der Waals surface area contributed by atoms with Gasteiger partial charge in [0.05, 0.1) is 6.04 Å². The molecule has 4 rings (SSSR count). The number of rotatable bonds is 3. The lowest BCUT2D eigenvalue weighted by atomic mass is 9.96. The first-order valence-corrected chi connectivity index (χ1v) is 10.2. The number of carbonyl (C=O) groups is 1. The van der Waals surface area contributed by atoms with E-state index in [1.165, 1.54) is 27.8 Å². The van der Waals surface area contributed by atoms with E-state index in [9.17, 15) is 14.0 Å². The molecule has 1 saturated carbocycles. The van der Waals surface area contributed by atoms with Crippen LogP contribution in [0.15, 0.2) is 64.5 Å². The third-order valence-corrected chi connectivity index (χ3v) is 5.34. The van der Waals surface area contributed by atoms with Crippen LogP contribution >= 0.6 is 0 Å². The van der Waals surface area contributed by atoms with Gasteiger partial charge in [-0.05, 0) is 44.0 Å². The van der Waals surface area contributed by atoms with Gasteiger partial charge in [0.25, 0.3) is 5.91 Å². The summed E-state index contributed by atoms with van der Waals surface area (Å²) in [5.41, 5.74) is 0.319. The van der Waals surface area contributed by atoms with Gasteiger partial charge in [-0.1, -0.05) is 37.5 Å². The van der Waals surface area contributed by atoms with Gasteiger partial charge in [0.15, 0.2) is 5.69 Å². The molecule has 0 atom stereocenters. The van der Waals surface area contributed by atoms with E-state index in [1.807, 2.05) is 6.07 Å². The van der Waals surface area contributed by atoms with Crippen molar-refractivity contribution < 1.29 is 9.18 Å². The smallest absolute Gasteiger partial charge is 0.287 e. The molecule has 7 heteroatoms. The molecule has 0 spiro atoms. The fourth-order valence-corrected chi connectivity index (χ4v) is 3.79. The molecule has 0 aliphatic heterocycles. The molecule has 0 unspecified atom stereocenters. The van der Waals surface area contributed by atoms with Crippen molar-refractivity contribution >= 4 is 5.91 Å². The highest BCUT2D eigenvalue weighted by molar-refractivity contribution is 5.93. The van der Waals surface area contributed by atoms with Crippen LogP contribution in [0.1, 0.15) is 48.3 Å². The molecule has 0 saturated heterocycles. The molecular weight excluding hydrogens is 383 g/mol. The summed E-state index contributed by atoms with van der Waals surface area (Å²) >= 11 is 0. The van der Waals surface area contributed by atoms with E-state index in [-0.39, 0.29) is 17.4 Å². The highest BCUT2D eigenvalue weighted by atomic mass is 19.1. The molecular formula is C23H23FN4O2. The van der Waals surface area contributed by atoms with Crippen LogP contribution in [0, 0.1) is 12.7 Å². The number of hydrogen-bond acceptors (Lipinski definition) is 4. The highest BCUT2D eigenvalue weighted by Crippen LogP contribution is 2.19. The molecule has 2 heterocycles. The maximum absolute atomic E-state index is 14.3. The van der Waals surface area contributed by atoms with Gasteiger partial charge < -0.3 is 0 Å². The number of nitrogens with zero attached hydrogens (tertiary/aromatic N) is 4. The molecule has 1 aliphatic carbocycles.